The van der Waals surface area contributed by atoms with Crippen LogP contribution in [0.4, 0.5) is 5.69 Å². The summed E-state index contributed by atoms with van der Waals surface area (Å²) in [4.78, 5) is 16.7. The van der Waals surface area contributed by atoms with E-state index in [9.17, 15) is 4.79 Å². The molecule has 2 atom stereocenters. The van der Waals surface area contributed by atoms with Crippen LogP contribution in [-0.2, 0) is 4.79 Å². The summed E-state index contributed by atoms with van der Waals surface area (Å²) in [7, 11) is 0. The molecule has 0 bridgehead atoms. The fourth-order valence-electron chi connectivity index (χ4n) is 2.54. The van der Waals surface area contributed by atoms with Gasteiger partial charge >= 0.3 is 0 Å². The van der Waals surface area contributed by atoms with Gasteiger partial charge in [-0.1, -0.05) is 60.3 Å². The minimum atomic E-state index is -0.0806. The summed E-state index contributed by atoms with van der Waals surface area (Å²) in [5.41, 5.74) is 2.22. The molecule has 1 saturated heterocycles. The van der Waals surface area contributed by atoms with Crippen molar-refractivity contribution in [2.75, 3.05) is 11.9 Å². The van der Waals surface area contributed by atoms with Crippen molar-refractivity contribution in [1.82, 2.24) is 5.32 Å². The zero-order valence-electron chi connectivity index (χ0n) is 13.6. The number of nitrogens with zero attached hydrogens (tertiary/aromatic N) is 1. The lowest BCUT2D eigenvalue weighted by Gasteiger charge is -2.08. The van der Waals surface area contributed by atoms with Crippen molar-refractivity contribution in [3.8, 4) is 0 Å². The van der Waals surface area contributed by atoms with E-state index in [-0.39, 0.29) is 17.2 Å². The molecule has 1 aliphatic rings. The lowest BCUT2D eigenvalue weighted by Crippen LogP contribution is -2.26. The quantitative estimate of drug-likeness (QED) is 0.841. The number of hydrogen-bond acceptors (Lipinski definition) is 4. The number of para-hydroxylation sites is 1. The van der Waals surface area contributed by atoms with Gasteiger partial charge in [-0.05, 0) is 31.0 Å². The standard InChI is InChI=1S/C19H21N3OS/c1-14(15-8-4-2-5-9-15)21-19-22-18(23)17(24-19)12-13-20-16-10-6-3-7-11-16/h2-11,14,17,20H,12-13H2,1H3,(H,21,22,23)/t14-,17?/m1/s1. The number of nitrogens with one attached hydrogen (secondary N) is 2. The van der Waals surface area contributed by atoms with Crippen LogP contribution in [0.1, 0.15) is 24.9 Å². The number of aliphatic imine (C=N–C) groups is 1. The second kappa shape index (κ2) is 8.02. The van der Waals surface area contributed by atoms with Crippen molar-refractivity contribution >= 4 is 28.5 Å². The van der Waals surface area contributed by atoms with Gasteiger partial charge in [0, 0.05) is 12.2 Å². The van der Waals surface area contributed by atoms with Crippen molar-refractivity contribution in [2.45, 2.75) is 24.6 Å². The van der Waals surface area contributed by atoms with Gasteiger partial charge in [-0.25, -0.2) is 0 Å². The van der Waals surface area contributed by atoms with Crippen LogP contribution in [0.2, 0.25) is 0 Å². The molecule has 2 aromatic carbocycles. The third-order valence-corrected chi connectivity index (χ3v) is 5.04. The first kappa shape index (κ1) is 16.6. The normalized spacial score (nSPS) is 20.0. The average Bonchev–Trinajstić information content (AvgIpc) is 2.96. The molecule has 1 amide bonds. The highest BCUT2D eigenvalue weighted by Gasteiger charge is 2.30. The third-order valence-electron chi connectivity index (χ3n) is 3.88. The highest BCUT2D eigenvalue weighted by atomic mass is 32.2. The van der Waals surface area contributed by atoms with Crippen molar-refractivity contribution in [2.24, 2.45) is 4.99 Å². The summed E-state index contributed by atoms with van der Waals surface area (Å²) in [6, 6.07) is 20.2. The smallest absolute Gasteiger partial charge is 0.239 e. The molecule has 0 aromatic heterocycles. The summed E-state index contributed by atoms with van der Waals surface area (Å²) >= 11 is 1.53. The number of thioether (sulfide) groups is 1. The lowest BCUT2D eigenvalue weighted by molar-refractivity contribution is -0.118. The molecule has 0 saturated carbocycles. The zero-order valence-corrected chi connectivity index (χ0v) is 14.4. The van der Waals surface area contributed by atoms with E-state index in [1.165, 1.54) is 11.8 Å². The highest BCUT2D eigenvalue weighted by Crippen LogP contribution is 2.25. The van der Waals surface area contributed by atoms with Crippen molar-refractivity contribution in [3.05, 3.63) is 66.2 Å². The van der Waals surface area contributed by atoms with E-state index in [4.69, 9.17) is 0 Å². The summed E-state index contributed by atoms with van der Waals surface area (Å²) in [6.07, 6.45) is 0.768. The monoisotopic (exact) mass is 339 g/mol. The second-order valence-corrected chi connectivity index (χ2v) is 6.89. The fourth-order valence-corrected chi connectivity index (χ4v) is 3.59. The second-order valence-electron chi connectivity index (χ2n) is 5.70. The molecule has 2 aromatic rings. The molecule has 4 nitrogen and oxygen atoms in total. The SMILES string of the molecule is C[C@@H](N=C1NC(=O)C(CCNc2ccccc2)S1)c1ccccc1. The Kier molecular flexibility index (Phi) is 5.54. The molecule has 3 rings (SSSR count). The van der Waals surface area contributed by atoms with Crippen LogP contribution in [0.15, 0.2) is 65.7 Å². The van der Waals surface area contributed by atoms with E-state index >= 15 is 0 Å². The maximum Gasteiger partial charge on any atom is 0.239 e. The van der Waals surface area contributed by atoms with Crippen molar-refractivity contribution in [1.29, 1.82) is 0 Å². The number of benzene rings is 2. The number of carbonyl (C=O) groups excluding carboxylic acids is 1. The number of anilines is 1. The summed E-state index contributed by atoms with van der Waals surface area (Å²) < 4.78 is 0. The van der Waals surface area contributed by atoms with Gasteiger partial charge in [0.25, 0.3) is 0 Å². The Balaban J connectivity index is 1.52. The lowest BCUT2D eigenvalue weighted by atomic mass is 10.1. The van der Waals surface area contributed by atoms with Gasteiger partial charge in [0.05, 0.1) is 11.3 Å². The van der Waals surface area contributed by atoms with Gasteiger partial charge in [0.15, 0.2) is 5.17 Å². The molecule has 0 spiro atoms. The molecule has 24 heavy (non-hydrogen) atoms. The van der Waals surface area contributed by atoms with Crippen molar-refractivity contribution in [3.63, 3.8) is 0 Å². The molecular weight excluding hydrogens is 318 g/mol. The fraction of sp³-hybridized carbons (Fsp3) is 0.263. The van der Waals surface area contributed by atoms with Gasteiger partial charge in [-0.15, -0.1) is 0 Å². The molecule has 0 aliphatic carbocycles. The van der Waals surface area contributed by atoms with Gasteiger partial charge < -0.3 is 10.6 Å². The molecule has 1 heterocycles. The largest absolute Gasteiger partial charge is 0.385 e. The van der Waals surface area contributed by atoms with E-state index in [0.717, 1.165) is 29.4 Å². The van der Waals surface area contributed by atoms with E-state index < -0.39 is 0 Å². The van der Waals surface area contributed by atoms with Crippen molar-refractivity contribution < 1.29 is 4.79 Å². The van der Waals surface area contributed by atoms with Crippen LogP contribution in [-0.4, -0.2) is 22.9 Å². The predicted molar refractivity (Wildman–Crippen MR) is 101 cm³/mol. The van der Waals surface area contributed by atoms with Crippen LogP contribution in [0, 0.1) is 0 Å². The Morgan fingerprint density at radius 2 is 1.79 bits per heavy atom. The Morgan fingerprint density at radius 1 is 1.12 bits per heavy atom. The molecule has 0 radical (unpaired) electrons. The van der Waals surface area contributed by atoms with Crippen LogP contribution in [0.25, 0.3) is 0 Å². The number of amides is 1. The van der Waals surface area contributed by atoms with E-state index in [0.29, 0.717) is 0 Å². The summed E-state index contributed by atoms with van der Waals surface area (Å²) in [6.45, 7) is 2.80. The number of hydrogen-bond donors (Lipinski definition) is 2. The first-order valence-electron chi connectivity index (χ1n) is 8.11. The Bertz CT molecular complexity index is 703. The summed E-state index contributed by atoms with van der Waals surface area (Å²) in [5, 5.41) is 6.88. The maximum absolute atomic E-state index is 12.1. The average molecular weight is 339 g/mol. The van der Waals surface area contributed by atoms with Gasteiger partial charge in [-0.3, -0.25) is 9.79 Å². The van der Waals surface area contributed by atoms with Crippen LogP contribution in [0.3, 0.4) is 0 Å². The predicted octanol–water partition coefficient (Wildman–Crippen LogP) is 3.84. The molecule has 5 heteroatoms. The molecule has 124 valence electrons. The zero-order chi connectivity index (χ0) is 16.8. The van der Waals surface area contributed by atoms with Gasteiger partial charge in [0.2, 0.25) is 5.91 Å². The maximum atomic E-state index is 12.1. The topological polar surface area (TPSA) is 53.5 Å². The third kappa shape index (κ3) is 4.38. The Labute approximate surface area is 146 Å². The Hall–Kier alpha value is -2.27. The summed E-state index contributed by atoms with van der Waals surface area (Å²) in [5.74, 6) is 0.0499. The van der Waals surface area contributed by atoms with E-state index in [1.54, 1.807) is 0 Å². The van der Waals surface area contributed by atoms with E-state index in [1.807, 2.05) is 55.5 Å². The number of rotatable bonds is 6. The molecular formula is C19H21N3OS. The van der Waals surface area contributed by atoms with Crippen LogP contribution >= 0.6 is 11.8 Å². The minimum Gasteiger partial charge on any atom is -0.385 e. The first-order valence-corrected chi connectivity index (χ1v) is 8.99. The van der Waals surface area contributed by atoms with Crippen LogP contribution < -0.4 is 10.6 Å². The number of amidine groups is 1. The molecule has 1 unspecified atom stereocenters. The van der Waals surface area contributed by atoms with Gasteiger partial charge in [0.1, 0.15) is 0 Å². The number of carbonyl (C=O) groups is 1. The molecule has 1 fully saturated rings. The van der Waals surface area contributed by atoms with E-state index in [2.05, 4.69) is 27.8 Å². The highest BCUT2D eigenvalue weighted by molar-refractivity contribution is 8.15. The first-order chi connectivity index (χ1) is 11.7. The minimum absolute atomic E-state index is 0.0372. The Morgan fingerprint density at radius 3 is 2.50 bits per heavy atom. The molecule has 1 aliphatic heterocycles. The van der Waals surface area contributed by atoms with Gasteiger partial charge in [-0.2, -0.15) is 0 Å². The molecule has 2 N–H and O–H groups in total. The van der Waals surface area contributed by atoms with Crippen LogP contribution in [0.5, 0.6) is 0 Å².